The van der Waals surface area contributed by atoms with Crippen molar-refractivity contribution in [2.45, 2.75) is 12.8 Å². The predicted octanol–water partition coefficient (Wildman–Crippen LogP) is 4.31. The molecule has 0 bridgehead atoms. The molecule has 21 heavy (non-hydrogen) atoms. The van der Waals surface area contributed by atoms with Crippen molar-refractivity contribution in [2.75, 3.05) is 16.4 Å². The molecular formula is C15H13BrClN3O. The van der Waals surface area contributed by atoms with E-state index >= 15 is 0 Å². The van der Waals surface area contributed by atoms with E-state index in [1.807, 2.05) is 24.3 Å². The van der Waals surface area contributed by atoms with Gasteiger partial charge >= 0.3 is 0 Å². The van der Waals surface area contributed by atoms with Crippen LogP contribution in [0.1, 0.15) is 12.0 Å². The Hall–Kier alpha value is -1.72. The van der Waals surface area contributed by atoms with Crippen LogP contribution in [0.3, 0.4) is 0 Å². The zero-order valence-electron chi connectivity index (χ0n) is 11.0. The van der Waals surface area contributed by atoms with E-state index in [0.717, 1.165) is 27.1 Å². The molecule has 1 amide bonds. The normalized spacial score (nSPS) is 13.5. The lowest BCUT2D eigenvalue weighted by Gasteiger charge is -2.20. The molecule has 0 radical (unpaired) electrons. The van der Waals surface area contributed by atoms with Gasteiger partial charge in [0.1, 0.15) is 0 Å². The summed E-state index contributed by atoms with van der Waals surface area (Å²) in [5, 5.41) is 6.74. The van der Waals surface area contributed by atoms with E-state index in [9.17, 15) is 4.79 Å². The molecule has 6 heteroatoms. The number of nitrogens with one attached hydrogen (secondary N) is 2. The zero-order valence-corrected chi connectivity index (χ0v) is 13.4. The second kappa shape index (κ2) is 5.58. The summed E-state index contributed by atoms with van der Waals surface area (Å²) in [6.45, 7) is 0. The zero-order chi connectivity index (χ0) is 15.0. The van der Waals surface area contributed by atoms with Gasteiger partial charge in [-0.05, 0) is 58.2 Å². The minimum Gasteiger partial charge on any atom is -0.397 e. The lowest BCUT2D eigenvalue weighted by atomic mass is 10.0. The van der Waals surface area contributed by atoms with Crippen LogP contribution in [0.15, 0.2) is 34.8 Å². The molecule has 0 atom stereocenters. The first kappa shape index (κ1) is 14.2. The number of hydrogen-bond acceptors (Lipinski definition) is 3. The predicted molar refractivity (Wildman–Crippen MR) is 90.2 cm³/mol. The number of amides is 1. The van der Waals surface area contributed by atoms with Gasteiger partial charge in [0.05, 0.1) is 17.1 Å². The quantitative estimate of drug-likeness (QED) is 0.694. The van der Waals surface area contributed by atoms with E-state index in [0.29, 0.717) is 23.6 Å². The lowest BCUT2D eigenvalue weighted by molar-refractivity contribution is -0.116. The average molecular weight is 367 g/mol. The van der Waals surface area contributed by atoms with Crippen molar-refractivity contribution in [1.29, 1.82) is 0 Å². The molecule has 1 heterocycles. The van der Waals surface area contributed by atoms with Crippen molar-refractivity contribution in [1.82, 2.24) is 0 Å². The fraction of sp³-hybridized carbons (Fsp3) is 0.133. The Morgan fingerprint density at radius 3 is 2.81 bits per heavy atom. The third-order valence-corrected chi connectivity index (χ3v) is 4.30. The van der Waals surface area contributed by atoms with Gasteiger partial charge in [0, 0.05) is 21.6 Å². The Labute approximate surface area is 135 Å². The molecule has 0 spiro atoms. The summed E-state index contributed by atoms with van der Waals surface area (Å²) in [5.41, 5.74) is 10.1. The SMILES string of the molecule is Nc1cc2c(cc1Nc1cc(Cl)ccc1Br)NC(=O)CC2. The number of aryl methyl sites for hydroxylation is 1. The van der Waals surface area contributed by atoms with Crippen LogP contribution in [0.2, 0.25) is 5.02 Å². The van der Waals surface area contributed by atoms with Crippen LogP contribution >= 0.6 is 27.5 Å². The molecule has 0 saturated heterocycles. The Morgan fingerprint density at radius 1 is 1.19 bits per heavy atom. The number of nitrogen functional groups attached to an aromatic ring is 1. The number of fused-ring (bicyclic) bond motifs is 1. The largest absolute Gasteiger partial charge is 0.397 e. The molecule has 0 aromatic heterocycles. The maximum absolute atomic E-state index is 11.5. The number of hydrogen-bond donors (Lipinski definition) is 3. The van der Waals surface area contributed by atoms with E-state index in [1.54, 1.807) is 6.07 Å². The molecule has 108 valence electrons. The average Bonchev–Trinajstić information content (AvgIpc) is 2.44. The van der Waals surface area contributed by atoms with Gasteiger partial charge in [0.15, 0.2) is 0 Å². The molecule has 0 saturated carbocycles. The molecule has 1 aliphatic heterocycles. The Kier molecular flexibility index (Phi) is 3.78. The summed E-state index contributed by atoms with van der Waals surface area (Å²) in [7, 11) is 0. The van der Waals surface area contributed by atoms with E-state index in [1.165, 1.54) is 0 Å². The number of rotatable bonds is 2. The van der Waals surface area contributed by atoms with E-state index in [-0.39, 0.29) is 5.91 Å². The smallest absolute Gasteiger partial charge is 0.224 e. The Balaban J connectivity index is 1.97. The van der Waals surface area contributed by atoms with Crippen LogP contribution in [0.4, 0.5) is 22.7 Å². The maximum atomic E-state index is 11.5. The summed E-state index contributed by atoms with van der Waals surface area (Å²) >= 11 is 9.47. The molecule has 1 aliphatic rings. The van der Waals surface area contributed by atoms with Crippen molar-refractivity contribution in [3.63, 3.8) is 0 Å². The Bertz CT molecular complexity index is 733. The molecule has 3 rings (SSSR count). The van der Waals surface area contributed by atoms with Gasteiger partial charge in [-0.1, -0.05) is 11.6 Å². The van der Waals surface area contributed by atoms with Gasteiger partial charge in [-0.2, -0.15) is 0 Å². The fourth-order valence-electron chi connectivity index (χ4n) is 2.29. The highest BCUT2D eigenvalue weighted by Gasteiger charge is 2.17. The maximum Gasteiger partial charge on any atom is 0.224 e. The summed E-state index contributed by atoms with van der Waals surface area (Å²) in [5.74, 6) is 0.0298. The van der Waals surface area contributed by atoms with Gasteiger partial charge in [0.25, 0.3) is 0 Å². The van der Waals surface area contributed by atoms with Crippen LogP contribution < -0.4 is 16.4 Å². The molecule has 4 N–H and O–H groups in total. The van der Waals surface area contributed by atoms with Gasteiger partial charge in [-0.25, -0.2) is 0 Å². The number of nitrogens with two attached hydrogens (primary N) is 1. The minimum atomic E-state index is 0.0298. The number of halogens is 2. The molecular weight excluding hydrogens is 354 g/mol. The molecule has 4 nitrogen and oxygen atoms in total. The highest BCUT2D eigenvalue weighted by atomic mass is 79.9. The number of benzene rings is 2. The standard InChI is InChI=1S/C15H13BrClN3O/c16-10-3-2-9(17)6-13(10)19-14-7-12-8(5-11(14)18)1-4-15(21)20-12/h2-3,5-7,19H,1,4,18H2,(H,20,21). The monoisotopic (exact) mass is 365 g/mol. The second-order valence-electron chi connectivity index (χ2n) is 4.89. The highest BCUT2D eigenvalue weighted by Crippen LogP contribution is 2.35. The number of anilines is 4. The van der Waals surface area contributed by atoms with Crippen LogP contribution in [0.25, 0.3) is 0 Å². The molecule has 0 fully saturated rings. The van der Waals surface area contributed by atoms with Crippen molar-refractivity contribution in [3.05, 3.63) is 45.4 Å². The second-order valence-corrected chi connectivity index (χ2v) is 6.18. The van der Waals surface area contributed by atoms with Gasteiger partial charge < -0.3 is 16.4 Å². The van der Waals surface area contributed by atoms with E-state index in [2.05, 4.69) is 26.6 Å². The van der Waals surface area contributed by atoms with Gasteiger partial charge in [-0.3, -0.25) is 4.79 Å². The van der Waals surface area contributed by atoms with Crippen LogP contribution in [0.5, 0.6) is 0 Å². The first-order valence-electron chi connectivity index (χ1n) is 6.47. The number of carbonyl (C=O) groups is 1. The van der Waals surface area contributed by atoms with Crippen molar-refractivity contribution >= 4 is 56.2 Å². The molecule has 0 aliphatic carbocycles. The third-order valence-electron chi connectivity index (χ3n) is 3.37. The van der Waals surface area contributed by atoms with Crippen LogP contribution in [-0.4, -0.2) is 5.91 Å². The van der Waals surface area contributed by atoms with Gasteiger partial charge in [0.2, 0.25) is 5.91 Å². The highest BCUT2D eigenvalue weighted by molar-refractivity contribution is 9.10. The first-order chi connectivity index (χ1) is 10.0. The van der Waals surface area contributed by atoms with Crippen molar-refractivity contribution < 1.29 is 4.79 Å². The van der Waals surface area contributed by atoms with E-state index < -0.39 is 0 Å². The summed E-state index contributed by atoms with van der Waals surface area (Å²) < 4.78 is 0.882. The third kappa shape index (κ3) is 2.99. The summed E-state index contributed by atoms with van der Waals surface area (Å²) in [6.07, 6.45) is 1.21. The van der Waals surface area contributed by atoms with Crippen molar-refractivity contribution in [2.24, 2.45) is 0 Å². The summed E-state index contributed by atoms with van der Waals surface area (Å²) in [6, 6.07) is 9.22. The van der Waals surface area contributed by atoms with E-state index in [4.69, 9.17) is 17.3 Å². The lowest BCUT2D eigenvalue weighted by Crippen LogP contribution is -2.19. The minimum absolute atomic E-state index is 0.0298. The molecule has 2 aromatic rings. The number of carbonyl (C=O) groups excluding carboxylic acids is 1. The molecule has 0 unspecified atom stereocenters. The topological polar surface area (TPSA) is 67.2 Å². The van der Waals surface area contributed by atoms with Crippen LogP contribution in [0, 0.1) is 0 Å². The van der Waals surface area contributed by atoms with Crippen molar-refractivity contribution in [3.8, 4) is 0 Å². The Morgan fingerprint density at radius 2 is 2.00 bits per heavy atom. The fourth-order valence-corrected chi connectivity index (χ4v) is 2.81. The first-order valence-corrected chi connectivity index (χ1v) is 7.64. The molecule has 2 aromatic carbocycles. The van der Waals surface area contributed by atoms with Gasteiger partial charge in [-0.15, -0.1) is 0 Å². The van der Waals surface area contributed by atoms with Crippen LogP contribution in [-0.2, 0) is 11.2 Å². The summed E-state index contributed by atoms with van der Waals surface area (Å²) in [4.78, 5) is 11.5.